The molecule has 1 spiro atoms. The van der Waals surface area contributed by atoms with E-state index in [1.165, 1.54) is 70.5 Å². The predicted molar refractivity (Wildman–Crippen MR) is 110 cm³/mol. The van der Waals surface area contributed by atoms with Gasteiger partial charge in [0.15, 0.2) is 6.20 Å². The molecular weight excluding hydrogens is 328 g/mol. The summed E-state index contributed by atoms with van der Waals surface area (Å²) in [6, 6.07) is 13.7. The van der Waals surface area contributed by atoms with E-state index in [2.05, 4.69) is 68.1 Å². The molecule has 0 saturated heterocycles. The Labute approximate surface area is 161 Å². The van der Waals surface area contributed by atoms with Crippen LogP contribution in [0.3, 0.4) is 0 Å². The first-order chi connectivity index (χ1) is 13.2. The molecule has 1 aromatic carbocycles. The molecule has 1 saturated carbocycles. The zero-order valence-corrected chi connectivity index (χ0v) is 16.5. The first kappa shape index (κ1) is 16.7. The van der Waals surface area contributed by atoms with E-state index in [4.69, 9.17) is 4.98 Å². The zero-order chi connectivity index (χ0) is 18.6. The van der Waals surface area contributed by atoms with Crippen molar-refractivity contribution in [1.29, 1.82) is 0 Å². The lowest BCUT2D eigenvalue weighted by Crippen LogP contribution is -2.32. The van der Waals surface area contributed by atoms with Gasteiger partial charge in [0.05, 0.1) is 11.3 Å². The molecule has 136 valence electrons. The van der Waals surface area contributed by atoms with Gasteiger partial charge in [-0.25, -0.2) is 4.57 Å². The highest BCUT2D eigenvalue weighted by Gasteiger charge is 2.48. The Bertz CT molecular complexity index is 1040. The summed E-state index contributed by atoms with van der Waals surface area (Å²) in [4.78, 5) is 4.83. The fourth-order valence-electron chi connectivity index (χ4n) is 5.45. The number of benzene rings is 1. The molecule has 1 fully saturated rings. The molecule has 5 rings (SSSR count). The quantitative estimate of drug-likeness (QED) is 0.571. The Hall–Kier alpha value is -2.48. The third kappa shape index (κ3) is 2.25. The van der Waals surface area contributed by atoms with Gasteiger partial charge in [0.2, 0.25) is 5.69 Å². The lowest BCUT2D eigenvalue weighted by atomic mass is 9.74. The van der Waals surface area contributed by atoms with Crippen molar-refractivity contribution in [3.8, 4) is 22.5 Å². The Balaban J connectivity index is 1.87. The second-order valence-electron chi connectivity index (χ2n) is 8.25. The first-order valence-electron chi connectivity index (χ1n) is 10.2. The minimum atomic E-state index is 0.148. The minimum Gasteiger partial charge on any atom is -0.256 e. The summed E-state index contributed by atoms with van der Waals surface area (Å²) in [7, 11) is 2.18. The highest BCUT2D eigenvalue weighted by molar-refractivity contribution is 5.87. The van der Waals surface area contributed by atoms with Gasteiger partial charge in [-0.15, -0.1) is 0 Å². The number of rotatable bonds is 2. The number of aromatic nitrogens is 2. The van der Waals surface area contributed by atoms with Crippen LogP contribution in [-0.4, -0.2) is 4.98 Å². The fourth-order valence-corrected chi connectivity index (χ4v) is 5.45. The van der Waals surface area contributed by atoms with Crippen LogP contribution in [0.2, 0.25) is 0 Å². The number of hydrogen-bond donors (Lipinski definition) is 0. The molecule has 0 unspecified atom stereocenters. The summed E-state index contributed by atoms with van der Waals surface area (Å²) in [5.74, 6) is 0. The number of aryl methyl sites for hydroxylation is 3. The third-order valence-corrected chi connectivity index (χ3v) is 6.81. The van der Waals surface area contributed by atoms with Crippen molar-refractivity contribution in [3.63, 3.8) is 0 Å². The Morgan fingerprint density at radius 1 is 1.11 bits per heavy atom. The molecule has 0 radical (unpaired) electrons. The van der Waals surface area contributed by atoms with Gasteiger partial charge < -0.3 is 0 Å². The molecule has 2 nitrogen and oxygen atoms in total. The van der Waals surface area contributed by atoms with Crippen molar-refractivity contribution < 1.29 is 4.57 Å². The van der Waals surface area contributed by atoms with Crippen molar-refractivity contribution in [3.05, 3.63) is 71.0 Å². The van der Waals surface area contributed by atoms with E-state index in [-0.39, 0.29) is 5.41 Å². The molecular formula is C25H27N2+. The van der Waals surface area contributed by atoms with Gasteiger partial charge in [0.1, 0.15) is 7.05 Å². The summed E-state index contributed by atoms with van der Waals surface area (Å²) in [5.41, 5.74) is 11.3. The first-order valence-corrected chi connectivity index (χ1v) is 10.2. The molecule has 3 aromatic rings. The standard InChI is InChI=1S/C25H27N2/c1-4-18-11-15-27(3)21(16-18)22-17(2)9-10-19-23(22)25(12-5-6-13-25)20-8-7-14-26-24(19)20/h7-11,14-16H,4-6,12-13H2,1-3H3/q+1. The van der Waals surface area contributed by atoms with Gasteiger partial charge in [0.25, 0.3) is 0 Å². The fraction of sp³-hybridized carbons (Fsp3) is 0.360. The van der Waals surface area contributed by atoms with Gasteiger partial charge in [-0.2, -0.15) is 0 Å². The van der Waals surface area contributed by atoms with Crippen LogP contribution in [-0.2, 0) is 18.9 Å². The molecule has 0 atom stereocenters. The number of nitrogens with zero attached hydrogens (tertiary/aromatic N) is 2. The van der Waals surface area contributed by atoms with E-state index < -0.39 is 0 Å². The smallest absolute Gasteiger partial charge is 0.213 e. The van der Waals surface area contributed by atoms with Crippen LogP contribution in [0.5, 0.6) is 0 Å². The molecule has 0 aliphatic heterocycles. The molecule has 2 heteroatoms. The van der Waals surface area contributed by atoms with Crippen LogP contribution in [0.1, 0.15) is 54.9 Å². The van der Waals surface area contributed by atoms with Gasteiger partial charge in [-0.1, -0.05) is 38.0 Å². The maximum absolute atomic E-state index is 4.83. The van der Waals surface area contributed by atoms with Crippen LogP contribution >= 0.6 is 0 Å². The molecule has 2 aromatic heterocycles. The van der Waals surface area contributed by atoms with E-state index in [1.54, 1.807) is 0 Å². The average Bonchev–Trinajstić information content (AvgIpc) is 3.28. The number of pyridine rings is 2. The van der Waals surface area contributed by atoms with Crippen LogP contribution in [0.25, 0.3) is 22.5 Å². The normalized spacial score (nSPS) is 16.6. The zero-order valence-electron chi connectivity index (χ0n) is 16.5. The maximum Gasteiger partial charge on any atom is 0.213 e. The lowest BCUT2D eigenvalue weighted by molar-refractivity contribution is -0.660. The largest absolute Gasteiger partial charge is 0.256 e. The Kier molecular flexibility index (Phi) is 3.72. The number of hydrogen-bond acceptors (Lipinski definition) is 1. The summed E-state index contributed by atoms with van der Waals surface area (Å²) in [6.07, 6.45) is 10.3. The average molecular weight is 356 g/mol. The minimum absolute atomic E-state index is 0.148. The maximum atomic E-state index is 4.83. The van der Waals surface area contributed by atoms with E-state index in [0.717, 1.165) is 6.42 Å². The van der Waals surface area contributed by atoms with Crippen LogP contribution < -0.4 is 4.57 Å². The van der Waals surface area contributed by atoms with Crippen molar-refractivity contribution in [2.75, 3.05) is 0 Å². The second kappa shape index (κ2) is 6.02. The molecule has 2 aliphatic carbocycles. The highest BCUT2D eigenvalue weighted by Crippen LogP contribution is 2.58. The molecule has 2 aliphatic rings. The van der Waals surface area contributed by atoms with Crippen LogP contribution in [0.4, 0.5) is 0 Å². The summed E-state index contributed by atoms with van der Waals surface area (Å²) in [5, 5.41) is 0. The molecule has 2 heterocycles. The molecule has 27 heavy (non-hydrogen) atoms. The lowest BCUT2D eigenvalue weighted by Gasteiger charge is -2.28. The second-order valence-corrected chi connectivity index (χ2v) is 8.25. The molecule has 0 N–H and O–H groups in total. The molecule has 0 amide bonds. The van der Waals surface area contributed by atoms with E-state index in [1.807, 2.05) is 6.20 Å². The SMILES string of the molecule is CCc1cc[n+](C)c(-c2c(C)ccc3c2C2(CCCC2)c2cccnc2-3)c1. The van der Waals surface area contributed by atoms with E-state index in [0.29, 0.717) is 0 Å². The topological polar surface area (TPSA) is 16.8 Å². The summed E-state index contributed by atoms with van der Waals surface area (Å²) >= 11 is 0. The van der Waals surface area contributed by atoms with Gasteiger partial charge in [0, 0.05) is 29.3 Å². The predicted octanol–water partition coefficient (Wildman–Crippen LogP) is 5.28. The van der Waals surface area contributed by atoms with E-state index >= 15 is 0 Å². The van der Waals surface area contributed by atoms with Gasteiger partial charge in [-0.05, 0) is 54.5 Å². The van der Waals surface area contributed by atoms with Crippen molar-refractivity contribution in [2.24, 2.45) is 7.05 Å². The third-order valence-electron chi connectivity index (χ3n) is 6.81. The highest BCUT2D eigenvalue weighted by atomic mass is 14.9. The summed E-state index contributed by atoms with van der Waals surface area (Å²) in [6.45, 7) is 4.51. The van der Waals surface area contributed by atoms with E-state index in [9.17, 15) is 0 Å². The number of fused-ring (bicyclic) bond motifs is 5. The van der Waals surface area contributed by atoms with Crippen LogP contribution in [0, 0.1) is 6.92 Å². The van der Waals surface area contributed by atoms with Crippen LogP contribution in [0.15, 0.2) is 48.8 Å². The van der Waals surface area contributed by atoms with Crippen molar-refractivity contribution >= 4 is 0 Å². The summed E-state index contributed by atoms with van der Waals surface area (Å²) < 4.78 is 2.29. The Morgan fingerprint density at radius 3 is 2.70 bits per heavy atom. The van der Waals surface area contributed by atoms with Gasteiger partial charge >= 0.3 is 0 Å². The monoisotopic (exact) mass is 355 g/mol. The Morgan fingerprint density at radius 2 is 1.93 bits per heavy atom. The van der Waals surface area contributed by atoms with Crippen molar-refractivity contribution in [2.45, 2.75) is 51.4 Å². The van der Waals surface area contributed by atoms with Gasteiger partial charge in [-0.3, -0.25) is 4.98 Å². The molecule has 0 bridgehead atoms. The van der Waals surface area contributed by atoms with Crippen molar-refractivity contribution in [1.82, 2.24) is 4.98 Å².